The molecule has 4 heteroatoms. The Morgan fingerprint density at radius 1 is 1.16 bits per heavy atom. The van der Waals surface area contributed by atoms with E-state index in [1.165, 1.54) is 11.3 Å². The highest BCUT2D eigenvalue weighted by molar-refractivity contribution is 7.71. The average molecular weight is 276 g/mol. The number of H-pyrrole nitrogens is 1. The molecule has 1 atom stereocenters. The molecule has 0 radical (unpaired) electrons. The van der Waals surface area contributed by atoms with Gasteiger partial charge in [0, 0.05) is 11.9 Å². The normalized spacial score (nSPS) is 12.7. The van der Waals surface area contributed by atoms with Gasteiger partial charge in [0.1, 0.15) is 5.75 Å². The van der Waals surface area contributed by atoms with E-state index in [0.29, 0.717) is 5.92 Å². The lowest BCUT2D eigenvalue weighted by Gasteiger charge is -2.19. The van der Waals surface area contributed by atoms with Crippen molar-refractivity contribution in [3.63, 3.8) is 0 Å². The van der Waals surface area contributed by atoms with Crippen LogP contribution in [-0.4, -0.2) is 16.7 Å². The molecule has 102 valence electrons. The van der Waals surface area contributed by atoms with E-state index in [4.69, 9.17) is 17.0 Å². The number of methoxy groups -OCH3 is 1. The zero-order valence-corrected chi connectivity index (χ0v) is 12.6. The summed E-state index contributed by atoms with van der Waals surface area (Å²) >= 11 is 5.40. The second-order valence-electron chi connectivity index (χ2n) is 4.99. The van der Waals surface area contributed by atoms with Gasteiger partial charge in [0.2, 0.25) is 0 Å². The quantitative estimate of drug-likeness (QED) is 0.844. The minimum atomic E-state index is 0.210. The number of rotatable bonds is 4. The first kappa shape index (κ1) is 13.9. The van der Waals surface area contributed by atoms with E-state index in [1.54, 1.807) is 7.11 Å². The lowest BCUT2D eigenvalue weighted by Crippen LogP contribution is -2.11. The molecular formula is C15H20N2OS. The summed E-state index contributed by atoms with van der Waals surface area (Å²) in [6.07, 6.45) is 2.01. The SMILES string of the molecule is COc1ccc(C(C)n2c(C(C)C)c[nH]c2=S)cc1. The first-order valence-corrected chi connectivity index (χ1v) is 6.89. The summed E-state index contributed by atoms with van der Waals surface area (Å²) in [7, 11) is 1.68. The number of nitrogens with zero attached hydrogens (tertiary/aromatic N) is 1. The van der Waals surface area contributed by atoms with E-state index < -0.39 is 0 Å². The standard InChI is InChI=1S/C15H20N2OS/c1-10(2)14-9-16-15(19)17(14)11(3)12-5-7-13(18-4)8-6-12/h5-11H,1-4H3,(H,16,19). The van der Waals surface area contributed by atoms with Crippen LogP contribution in [-0.2, 0) is 0 Å². The van der Waals surface area contributed by atoms with Crippen molar-refractivity contribution >= 4 is 12.2 Å². The minimum Gasteiger partial charge on any atom is -0.497 e. The molecule has 0 amide bonds. The fraction of sp³-hybridized carbons (Fsp3) is 0.400. The number of imidazole rings is 1. The highest BCUT2D eigenvalue weighted by atomic mass is 32.1. The Balaban J connectivity index is 2.40. The summed E-state index contributed by atoms with van der Waals surface area (Å²) in [5, 5.41) is 0. The Labute approximate surface area is 119 Å². The summed E-state index contributed by atoms with van der Waals surface area (Å²) in [6.45, 7) is 6.52. The van der Waals surface area contributed by atoms with E-state index in [1.807, 2.05) is 18.3 Å². The van der Waals surface area contributed by atoms with Crippen LogP contribution in [0, 0.1) is 4.77 Å². The second kappa shape index (κ2) is 5.61. The van der Waals surface area contributed by atoms with Crippen LogP contribution < -0.4 is 4.74 Å². The number of aromatic amines is 1. The summed E-state index contributed by atoms with van der Waals surface area (Å²) in [5.41, 5.74) is 2.45. The summed E-state index contributed by atoms with van der Waals surface area (Å²) < 4.78 is 8.14. The monoisotopic (exact) mass is 276 g/mol. The molecule has 0 fully saturated rings. The second-order valence-corrected chi connectivity index (χ2v) is 5.38. The molecule has 1 heterocycles. The van der Waals surface area contributed by atoms with Gasteiger partial charge in [-0.2, -0.15) is 0 Å². The van der Waals surface area contributed by atoms with Crippen LogP contribution in [0.5, 0.6) is 5.75 Å². The number of aromatic nitrogens is 2. The third-order valence-corrected chi connectivity index (χ3v) is 3.73. The number of hydrogen-bond acceptors (Lipinski definition) is 2. The Kier molecular flexibility index (Phi) is 4.10. The van der Waals surface area contributed by atoms with E-state index in [-0.39, 0.29) is 6.04 Å². The molecule has 0 aliphatic carbocycles. The van der Waals surface area contributed by atoms with Crippen molar-refractivity contribution in [2.75, 3.05) is 7.11 Å². The Bertz CT molecular complexity index is 595. The van der Waals surface area contributed by atoms with E-state index in [0.717, 1.165) is 10.5 Å². The molecule has 3 nitrogen and oxygen atoms in total. The summed E-state index contributed by atoms with van der Waals surface area (Å²) in [6, 6.07) is 8.35. The van der Waals surface area contributed by atoms with Crippen LogP contribution in [0.25, 0.3) is 0 Å². The van der Waals surface area contributed by atoms with Crippen molar-refractivity contribution in [3.05, 3.63) is 46.5 Å². The fourth-order valence-electron chi connectivity index (χ4n) is 2.27. The maximum absolute atomic E-state index is 5.40. The molecule has 1 unspecified atom stereocenters. The topological polar surface area (TPSA) is 29.9 Å². The Morgan fingerprint density at radius 3 is 2.32 bits per heavy atom. The molecule has 0 aliphatic rings. The molecule has 1 N–H and O–H groups in total. The minimum absolute atomic E-state index is 0.210. The lowest BCUT2D eigenvalue weighted by molar-refractivity contribution is 0.414. The number of nitrogens with one attached hydrogen (secondary N) is 1. The van der Waals surface area contributed by atoms with Gasteiger partial charge in [-0.25, -0.2) is 0 Å². The van der Waals surface area contributed by atoms with Crippen molar-refractivity contribution < 1.29 is 4.74 Å². The Hall–Kier alpha value is -1.55. The van der Waals surface area contributed by atoms with Crippen molar-refractivity contribution in [1.29, 1.82) is 0 Å². The van der Waals surface area contributed by atoms with Crippen LogP contribution >= 0.6 is 12.2 Å². The van der Waals surface area contributed by atoms with Crippen molar-refractivity contribution in [2.24, 2.45) is 0 Å². The highest BCUT2D eigenvalue weighted by Crippen LogP contribution is 2.25. The fourth-order valence-corrected chi connectivity index (χ4v) is 2.59. The third kappa shape index (κ3) is 2.73. The molecule has 19 heavy (non-hydrogen) atoms. The van der Waals surface area contributed by atoms with Gasteiger partial charge in [0.05, 0.1) is 13.2 Å². The molecule has 1 aromatic carbocycles. The molecule has 1 aromatic heterocycles. The third-order valence-electron chi connectivity index (χ3n) is 3.42. The van der Waals surface area contributed by atoms with Gasteiger partial charge in [-0.05, 0) is 42.8 Å². The van der Waals surface area contributed by atoms with Gasteiger partial charge in [-0.1, -0.05) is 26.0 Å². The number of hydrogen-bond donors (Lipinski definition) is 1. The molecule has 0 saturated heterocycles. The van der Waals surface area contributed by atoms with Crippen LogP contribution in [0.4, 0.5) is 0 Å². The van der Waals surface area contributed by atoms with Gasteiger partial charge < -0.3 is 14.3 Å². The molecule has 2 rings (SSSR count). The number of benzene rings is 1. The highest BCUT2D eigenvalue weighted by Gasteiger charge is 2.15. The van der Waals surface area contributed by atoms with Gasteiger partial charge in [-0.15, -0.1) is 0 Å². The van der Waals surface area contributed by atoms with Gasteiger partial charge in [-0.3, -0.25) is 0 Å². The molecule has 0 spiro atoms. The molecule has 0 bridgehead atoms. The van der Waals surface area contributed by atoms with Crippen molar-refractivity contribution in [3.8, 4) is 5.75 Å². The van der Waals surface area contributed by atoms with E-state index in [9.17, 15) is 0 Å². The molecule has 0 saturated carbocycles. The van der Waals surface area contributed by atoms with Crippen LogP contribution in [0.15, 0.2) is 30.5 Å². The molecule has 0 aliphatic heterocycles. The molecule has 2 aromatic rings. The Morgan fingerprint density at radius 2 is 1.79 bits per heavy atom. The van der Waals surface area contributed by atoms with Gasteiger partial charge in [0.25, 0.3) is 0 Å². The van der Waals surface area contributed by atoms with Gasteiger partial charge in [0.15, 0.2) is 4.77 Å². The summed E-state index contributed by atoms with van der Waals surface area (Å²) in [4.78, 5) is 3.14. The van der Waals surface area contributed by atoms with Crippen LogP contribution in [0.2, 0.25) is 0 Å². The maximum Gasteiger partial charge on any atom is 0.177 e. The van der Waals surface area contributed by atoms with Gasteiger partial charge >= 0.3 is 0 Å². The van der Waals surface area contributed by atoms with Crippen LogP contribution in [0.3, 0.4) is 0 Å². The van der Waals surface area contributed by atoms with Crippen LogP contribution in [0.1, 0.15) is 44.0 Å². The first-order valence-electron chi connectivity index (χ1n) is 6.48. The van der Waals surface area contributed by atoms with E-state index in [2.05, 4.69) is 42.5 Å². The zero-order chi connectivity index (χ0) is 14.0. The average Bonchev–Trinajstić information content (AvgIpc) is 2.80. The molecular weight excluding hydrogens is 256 g/mol. The summed E-state index contributed by atoms with van der Waals surface area (Å²) in [5.74, 6) is 1.31. The first-order chi connectivity index (χ1) is 9.04. The van der Waals surface area contributed by atoms with E-state index >= 15 is 0 Å². The van der Waals surface area contributed by atoms with Crippen molar-refractivity contribution in [2.45, 2.75) is 32.7 Å². The van der Waals surface area contributed by atoms with Crippen molar-refractivity contribution in [1.82, 2.24) is 9.55 Å². The lowest BCUT2D eigenvalue weighted by atomic mass is 10.1. The zero-order valence-electron chi connectivity index (χ0n) is 11.8. The number of ether oxygens (including phenoxy) is 1. The maximum atomic E-state index is 5.40. The smallest absolute Gasteiger partial charge is 0.177 e. The largest absolute Gasteiger partial charge is 0.497 e. The predicted octanol–water partition coefficient (Wildman–Crippen LogP) is 4.29. The predicted molar refractivity (Wildman–Crippen MR) is 80.5 cm³/mol.